The molecule has 128 valence electrons. The van der Waals surface area contributed by atoms with Gasteiger partial charge in [-0.15, -0.1) is 0 Å². The Bertz CT molecular complexity index is 431. The molecule has 3 rings (SSSR count). The number of fused-ring (bicyclic) bond motifs is 3. The lowest BCUT2D eigenvalue weighted by Gasteiger charge is -2.65. The molecule has 0 aromatic heterocycles. The van der Waals surface area contributed by atoms with E-state index in [1.54, 1.807) is 0 Å². The first-order chi connectivity index (χ1) is 10.2. The van der Waals surface area contributed by atoms with Crippen LogP contribution in [-0.4, -0.2) is 22.9 Å². The molecule has 0 aromatic carbocycles. The molecule has 3 fully saturated rings. The van der Waals surface area contributed by atoms with E-state index in [2.05, 4.69) is 34.6 Å². The van der Waals surface area contributed by atoms with Crippen LogP contribution in [0.2, 0.25) is 0 Å². The Balaban J connectivity index is 1.89. The number of hydrogen-bond donors (Lipinski definition) is 1. The molecule has 2 aliphatic carbocycles. The van der Waals surface area contributed by atoms with E-state index < -0.39 is 0 Å². The summed E-state index contributed by atoms with van der Waals surface area (Å²) in [5, 5.41) is 9.39. The molecule has 0 bridgehead atoms. The highest BCUT2D eigenvalue weighted by molar-refractivity contribution is 5.10. The van der Waals surface area contributed by atoms with Gasteiger partial charge in [0.1, 0.15) is 0 Å². The van der Waals surface area contributed by atoms with Gasteiger partial charge < -0.3 is 9.84 Å². The molecule has 0 unspecified atom stereocenters. The lowest BCUT2D eigenvalue weighted by atomic mass is 9.44. The van der Waals surface area contributed by atoms with Gasteiger partial charge >= 0.3 is 0 Å². The fourth-order valence-electron chi connectivity index (χ4n) is 6.84. The predicted octanol–water partition coefficient (Wildman–Crippen LogP) is 4.94. The molecule has 22 heavy (non-hydrogen) atoms. The van der Waals surface area contributed by atoms with Crippen LogP contribution in [0.3, 0.4) is 0 Å². The summed E-state index contributed by atoms with van der Waals surface area (Å²) in [6.45, 7) is 12.4. The van der Waals surface area contributed by atoms with Gasteiger partial charge in [-0.1, -0.05) is 27.2 Å². The van der Waals surface area contributed by atoms with Crippen LogP contribution in [0.5, 0.6) is 0 Å². The molecule has 2 nitrogen and oxygen atoms in total. The third-order valence-corrected chi connectivity index (χ3v) is 7.82. The van der Waals surface area contributed by atoms with Gasteiger partial charge in [0.25, 0.3) is 0 Å². The van der Waals surface area contributed by atoms with Crippen molar-refractivity contribution >= 4 is 0 Å². The van der Waals surface area contributed by atoms with Crippen molar-refractivity contribution in [1.29, 1.82) is 0 Å². The monoisotopic (exact) mass is 308 g/mol. The molecule has 1 N–H and O–H groups in total. The van der Waals surface area contributed by atoms with Crippen LogP contribution in [0.15, 0.2) is 0 Å². The summed E-state index contributed by atoms with van der Waals surface area (Å²) in [6.07, 6.45) is 9.81. The molecule has 1 aliphatic heterocycles. The first kappa shape index (κ1) is 16.8. The summed E-state index contributed by atoms with van der Waals surface area (Å²) >= 11 is 0. The highest BCUT2D eigenvalue weighted by Crippen LogP contribution is 2.65. The Labute approximate surface area is 137 Å². The summed E-state index contributed by atoms with van der Waals surface area (Å²) in [5.41, 5.74) is 0.823. The van der Waals surface area contributed by atoms with Crippen LogP contribution in [-0.2, 0) is 4.74 Å². The maximum atomic E-state index is 9.39. The second kappa shape index (κ2) is 5.21. The summed E-state index contributed by atoms with van der Waals surface area (Å²) in [4.78, 5) is 0. The molecule has 2 heteroatoms. The number of aliphatic hydroxyl groups excluding tert-OH is 1. The zero-order valence-electron chi connectivity index (χ0n) is 15.4. The minimum Gasteiger partial charge on any atom is -0.396 e. The quantitative estimate of drug-likeness (QED) is 0.783. The Kier molecular flexibility index (Phi) is 3.97. The molecule has 0 amide bonds. The average Bonchev–Trinajstić information content (AvgIpc) is 2.36. The van der Waals surface area contributed by atoms with Crippen molar-refractivity contribution in [2.45, 2.75) is 97.2 Å². The molecule has 2 saturated carbocycles. The van der Waals surface area contributed by atoms with E-state index in [1.165, 1.54) is 38.5 Å². The zero-order chi connectivity index (χ0) is 16.2. The normalized spacial score (nSPS) is 51.0. The summed E-state index contributed by atoms with van der Waals surface area (Å²) in [5.74, 6) is 1.53. The van der Waals surface area contributed by atoms with E-state index in [-0.39, 0.29) is 17.8 Å². The fraction of sp³-hybridized carbons (Fsp3) is 1.00. The Hall–Kier alpha value is -0.0800. The molecule has 0 spiro atoms. The average molecular weight is 309 g/mol. The van der Waals surface area contributed by atoms with Gasteiger partial charge in [0.05, 0.1) is 11.2 Å². The smallest absolute Gasteiger partial charge is 0.0695 e. The van der Waals surface area contributed by atoms with E-state index in [0.29, 0.717) is 16.7 Å². The molecular formula is C20H36O2. The fourth-order valence-corrected chi connectivity index (χ4v) is 6.84. The van der Waals surface area contributed by atoms with Crippen molar-refractivity contribution in [2.24, 2.45) is 22.7 Å². The van der Waals surface area contributed by atoms with Crippen molar-refractivity contribution in [2.75, 3.05) is 6.61 Å². The van der Waals surface area contributed by atoms with Gasteiger partial charge in [0.2, 0.25) is 0 Å². The van der Waals surface area contributed by atoms with Crippen LogP contribution in [0.1, 0.15) is 86.0 Å². The van der Waals surface area contributed by atoms with E-state index in [9.17, 15) is 5.11 Å². The van der Waals surface area contributed by atoms with Gasteiger partial charge in [-0.05, 0) is 81.5 Å². The van der Waals surface area contributed by atoms with Crippen LogP contribution in [0, 0.1) is 22.7 Å². The zero-order valence-corrected chi connectivity index (χ0v) is 15.4. The lowest BCUT2D eigenvalue weighted by molar-refractivity contribution is -0.267. The number of ether oxygens (including phenoxy) is 1. The maximum absolute atomic E-state index is 9.39. The molecule has 5 atom stereocenters. The van der Waals surface area contributed by atoms with Gasteiger partial charge in [0.15, 0.2) is 0 Å². The third kappa shape index (κ3) is 2.45. The Morgan fingerprint density at radius 1 is 0.909 bits per heavy atom. The molecule has 0 aromatic rings. The second-order valence-electron chi connectivity index (χ2n) is 9.87. The van der Waals surface area contributed by atoms with Crippen LogP contribution < -0.4 is 0 Å². The van der Waals surface area contributed by atoms with Gasteiger partial charge in [-0.3, -0.25) is 0 Å². The third-order valence-electron chi connectivity index (χ3n) is 7.82. The summed E-state index contributed by atoms with van der Waals surface area (Å²) < 4.78 is 6.73. The lowest BCUT2D eigenvalue weighted by Crippen LogP contribution is -2.62. The Morgan fingerprint density at radius 3 is 2.27 bits per heavy atom. The van der Waals surface area contributed by atoms with Crippen LogP contribution in [0.4, 0.5) is 0 Å². The first-order valence-electron chi connectivity index (χ1n) is 9.46. The van der Waals surface area contributed by atoms with Crippen molar-refractivity contribution in [3.05, 3.63) is 0 Å². The largest absolute Gasteiger partial charge is 0.396 e. The van der Waals surface area contributed by atoms with E-state index in [0.717, 1.165) is 18.8 Å². The number of rotatable bonds is 2. The van der Waals surface area contributed by atoms with Crippen LogP contribution >= 0.6 is 0 Å². The molecule has 1 heterocycles. The minimum atomic E-state index is -0.118. The SMILES string of the molecule is CC1(C)CCC[C@]2(C)[C@H]1CC[C@]1(C)O[C@](C)(CCO)CC[C@@H]21. The second-order valence-corrected chi connectivity index (χ2v) is 9.87. The van der Waals surface area contributed by atoms with Crippen molar-refractivity contribution in [3.63, 3.8) is 0 Å². The van der Waals surface area contributed by atoms with Crippen molar-refractivity contribution < 1.29 is 9.84 Å². The van der Waals surface area contributed by atoms with E-state index >= 15 is 0 Å². The van der Waals surface area contributed by atoms with E-state index in [4.69, 9.17) is 4.74 Å². The Morgan fingerprint density at radius 2 is 1.59 bits per heavy atom. The number of hydrogen-bond acceptors (Lipinski definition) is 2. The highest BCUT2D eigenvalue weighted by atomic mass is 16.5. The molecule has 1 saturated heterocycles. The van der Waals surface area contributed by atoms with Gasteiger partial charge in [-0.2, -0.15) is 0 Å². The van der Waals surface area contributed by atoms with Gasteiger partial charge in [0, 0.05) is 6.61 Å². The predicted molar refractivity (Wildman–Crippen MR) is 90.8 cm³/mol. The summed E-state index contributed by atoms with van der Waals surface area (Å²) in [7, 11) is 0. The first-order valence-corrected chi connectivity index (χ1v) is 9.46. The van der Waals surface area contributed by atoms with E-state index in [1.807, 2.05) is 0 Å². The molecular weight excluding hydrogens is 272 g/mol. The maximum Gasteiger partial charge on any atom is 0.0695 e. The number of aliphatic hydroxyl groups is 1. The topological polar surface area (TPSA) is 29.5 Å². The van der Waals surface area contributed by atoms with Crippen LogP contribution in [0.25, 0.3) is 0 Å². The molecule has 0 radical (unpaired) electrons. The molecule has 3 aliphatic rings. The minimum absolute atomic E-state index is 0.0147. The highest BCUT2D eigenvalue weighted by Gasteiger charge is 2.61. The standard InChI is InChI=1S/C20H36O2/c1-17(2)9-6-10-19(4)15(17)8-12-20(5)16(19)7-11-18(3,22-20)13-14-21/h15-16,21H,6-14H2,1-5H3/t15-,16-,18-,19+,20-/m0/s1. The van der Waals surface area contributed by atoms with Crippen molar-refractivity contribution in [1.82, 2.24) is 0 Å². The van der Waals surface area contributed by atoms with Crippen molar-refractivity contribution in [3.8, 4) is 0 Å². The van der Waals surface area contributed by atoms with Gasteiger partial charge in [-0.25, -0.2) is 0 Å². The summed E-state index contributed by atoms with van der Waals surface area (Å²) in [6, 6.07) is 0.